The van der Waals surface area contributed by atoms with Gasteiger partial charge in [0.1, 0.15) is 5.82 Å². The number of hydrogen-bond acceptors (Lipinski definition) is 2. The summed E-state index contributed by atoms with van der Waals surface area (Å²) in [6.07, 6.45) is -0.179. The number of hydrogen-bond donors (Lipinski definition) is 1. The number of benzene rings is 1. The van der Waals surface area contributed by atoms with Crippen LogP contribution in [-0.4, -0.2) is 34.0 Å². The van der Waals surface area contributed by atoms with Crippen LogP contribution in [0.25, 0.3) is 0 Å². The van der Waals surface area contributed by atoms with Crippen LogP contribution in [0.15, 0.2) is 22.7 Å². The first-order chi connectivity index (χ1) is 9.12. The first-order valence-corrected chi connectivity index (χ1v) is 6.91. The summed E-state index contributed by atoms with van der Waals surface area (Å²) >= 11 is 3.13. The third-order valence-corrected chi connectivity index (χ3v) is 3.26. The van der Waals surface area contributed by atoms with Crippen LogP contribution < -0.4 is 0 Å². The zero-order valence-electron chi connectivity index (χ0n) is 11.6. The van der Waals surface area contributed by atoms with Crippen LogP contribution in [0.1, 0.15) is 37.6 Å². The Kier molecular flexibility index (Phi) is 5.28. The standard InChI is InChI=1S/C14H17BrFNO3/c1-14(2,3)17(7-6-12(18)19)13(20)10-5-4-9(15)8-11(10)16/h4-5,8H,6-7H2,1-3H3,(H,18,19). The number of nitrogens with zero attached hydrogens (tertiary/aromatic N) is 1. The maximum atomic E-state index is 13.9. The highest BCUT2D eigenvalue weighted by Gasteiger charge is 2.29. The maximum Gasteiger partial charge on any atom is 0.305 e. The minimum atomic E-state index is -0.997. The molecule has 0 aliphatic rings. The molecule has 0 aromatic heterocycles. The Balaban J connectivity index is 3.07. The van der Waals surface area contributed by atoms with Crippen LogP contribution in [0.4, 0.5) is 4.39 Å². The molecule has 4 nitrogen and oxygen atoms in total. The second-order valence-electron chi connectivity index (χ2n) is 5.40. The van der Waals surface area contributed by atoms with Gasteiger partial charge in [-0.15, -0.1) is 0 Å². The Morgan fingerprint density at radius 1 is 1.35 bits per heavy atom. The summed E-state index contributed by atoms with van der Waals surface area (Å²) in [6.45, 7) is 5.38. The van der Waals surface area contributed by atoms with E-state index in [2.05, 4.69) is 15.9 Å². The van der Waals surface area contributed by atoms with Gasteiger partial charge in [0.2, 0.25) is 0 Å². The number of carboxylic acid groups (broad SMARTS) is 1. The van der Waals surface area contributed by atoms with Gasteiger partial charge in [-0.1, -0.05) is 15.9 Å². The summed E-state index contributed by atoms with van der Waals surface area (Å²) in [5.74, 6) is -2.14. The van der Waals surface area contributed by atoms with E-state index in [0.717, 1.165) is 0 Å². The number of carbonyl (C=O) groups excluding carboxylic acids is 1. The van der Waals surface area contributed by atoms with Gasteiger partial charge in [0.25, 0.3) is 5.91 Å². The Bertz CT molecular complexity index is 526. The maximum absolute atomic E-state index is 13.9. The quantitative estimate of drug-likeness (QED) is 0.910. The zero-order chi connectivity index (χ0) is 15.5. The van der Waals surface area contributed by atoms with Gasteiger partial charge in [-0.25, -0.2) is 4.39 Å². The lowest BCUT2D eigenvalue weighted by atomic mass is 10.0. The van der Waals surface area contributed by atoms with Crippen LogP contribution >= 0.6 is 15.9 Å². The molecule has 1 aromatic rings. The van der Waals surface area contributed by atoms with Gasteiger partial charge >= 0.3 is 5.97 Å². The molecule has 1 amide bonds. The molecule has 0 aliphatic heterocycles. The van der Waals surface area contributed by atoms with Crippen molar-refractivity contribution in [1.29, 1.82) is 0 Å². The predicted octanol–water partition coefficient (Wildman–Crippen LogP) is 3.30. The van der Waals surface area contributed by atoms with Crippen molar-refractivity contribution in [3.63, 3.8) is 0 Å². The van der Waals surface area contributed by atoms with Gasteiger partial charge in [0.15, 0.2) is 0 Å². The van der Waals surface area contributed by atoms with Gasteiger partial charge in [-0.05, 0) is 39.0 Å². The molecule has 20 heavy (non-hydrogen) atoms. The van der Waals surface area contributed by atoms with E-state index in [1.807, 2.05) is 0 Å². The van der Waals surface area contributed by atoms with Crippen LogP contribution in [-0.2, 0) is 4.79 Å². The fourth-order valence-electron chi connectivity index (χ4n) is 1.76. The van der Waals surface area contributed by atoms with E-state index in [1.54, 1.807) is 26.8 Å². The summed E-state index contributed by atoms with van der Waals surface area (Å²) in [5, 5.41) is 8.75. The van der Waals surface area contributed by atoms with Crippen molar-refractivity contribution in [2.45, 2.75) is 32.7 Å². The van der Waals surface area contributed by atoms with Crippen LogP contribution in [0, 0.1) is 5.82 Å². The molecular weight excluding hydrogens is 329 g/mol. The van der Waals surface area contributed by atoms with Gasteiger partial charge in [0.05, 0.1) is 12.0 Å². The first-order valence-electron chi connectivity index (χ1n) is 6.11. The minimum Gasteiger partial charge on any atom is -0.481 e. The summed E-state index contributed by atoms with van der Waals surface area (Å²) in [4.78, 5) is 24.5. The van der Waals surface area contributed by atoms with E-state index in [4.69, 9.17) is 5.11 Å². The molecule has 0 saturated carbocycles. The largest absolute Gasteiger partial charge is 0.481 e. The molecule has 0 heterocycles. The highest BCUT2D eigenvalue weighted by atomic mass is 79.9. The second-order valence-corrected chi connectivity index (χ2v) is 6.31. The highest BCUT2D eigenvalue weighted by Crippen LogP contribution is 2.21. The molecule has 0 spiro atoms. The summed E-state index contributed by atoms with van der Waals surface area (Å²) in [6, 6.07) is 4.18. The Morgan fingerprint density at radius 2 is 1.95 bits per heavy atom. The molecule has 0 bridgehead atoms. The summed E-state index contributed by atoms with van der Waals surface area (Å²) in [7, 11) is 0. The monoisotopic (exact) mass is 345 g/mol. The molecule has 6 heteroatoms. The molecule has 110 valence electrons. The number of amides is 1. The Morgan fingerprint density at radius 3 is 2.40 bits per heavy atom. The number of carboxylic acids is 1. The number of carbonyl (C=O) groups is 2. The smallest absolute Gasteiger partial charge is 0.305 e. The molecule has 0 radical (unpaired) electrons. The minimum absolute atomic E-state index is 0.0349. The van der Waals surface area contributed by atoms with Gasteiger partial charge in [-0.2, -0.15) is 0 Å². The summed E-state index contributed by atoms with van der Waals surface area (Å²) in [5.41, 5.74) is -0.653. The Hall–Kier alpha value is -1.43. The van der Waals surface area contributed by atoms with Gasteiger partial charge < -0.3 is 10.0 Å². The van der Waals surface area contributed by atoms with Gasteiger partial charge in [-0.3, -0.25) is 9.59 Å². The molecule has 1 rings (SSSR count). The van der Waals surface area contributed by atoms with E-state index in [-0.39, 0.29) is 18.5 Å². The second kappa shape index (κ2) is 6.35. The fraction of sp³-hybridized carbons (Fsp3) is 0.429. The van der Waals surface area contributed by atoms with Crippen molar-refractivity contribution in [3.8, 4) is 0 Å². The van der Waals surface area contributed by atoms with Crippen molar-refractivity contribution in [2.24, 2.45) is 0 Å². The molecule has 0 unspecified atom stereocenters. The lowest BCUT2D eigenvalue weighted by Crippen LogP contribution is -2.46. The van der Waals surface area contributed by atoms with Crippen LogP contribution in [0.5, 0.6) is 0 Å². The molecule has 0 fully saturated rings. The number of halogens is 2. The van der Waals surface area contributed by atoms with Crippen molar-refractivity contribution in [2.75, 3.05) is 6.54 Å². The predicted molar refractivity (Wildman–Crippen MR) is 77.1 cm³/mol. The lowest BCUT2D eigenvalue weighted by Gasteiger charge is -2.35. The average molecular weight is 346 g/mol. The zero-order valence-corrected chi connectivity index (χ0v) is 13.2. The van der Waals surface area contributed by atoms with Crippen molar-refractivity contribution in [3.05, 3.63) is 34.1 Å². The van der Waals surface area contributed by atoms with E-state index < -0.39 is 23.2 Å². The third-order valence-electron chi connectivity index (χ3n) is 2.77. The molecule has 1 aromatic carbocycles. The molecule has 0 atom stereocenters. The third kappa shape index (κ3) is 4.30. The molecule has 1 N–H and O–H groups in total. The van der Waals surface area contributed by atoms with Crippen molar-refractivity contribution in [1.82, 2.24) is 4.90 Å². The van der Waals surface area contributed by atoms with Crippen LogP contribution in [0.2, 0.25) is 0 Å². The number of rotatable bonds is 4. The van der Waals surface area contributed by atoms with Crippen molar-refractivity contribution < 1.29 is 19.1 Å². The fourth-order valence-corrected chi connectivity index (χ4v) is 2.09. The first kappa shape index (κ1) is 16.6. The molecular formula is C14H17BrFNO3. The molecule has 0 saturated heterocycles. The van der Waals surface area contributed by atoms with E-state index in [0.29, 0.717) is 4.47 Å². The van der Waals surface area contributed by atoms with E-state index in [9.17, 15) is 14.0 Å². The topological polar surface area (TPSA) is 57.6 Å². The highest BCUT2D eigenvalue weighted by molar-refractivity contribution is 9.10. The number of aliphatic carboxylic acids is 1. The van der Waals surface area contributed by atoms with E-state index >= 15 is 0 Å². The van der Waals surface area contributed by atoms with Crippen LogP contribution in [0.3, 0.4) is 0 Å². The summed E-state index contributed by atoms with van der Waals surface area (Å²) < 4.78 is 14.4. The van der Waals surface area contributed by atoms with Gasteiger partial charge in [0, 0.05) is 16.6 Å². The SMILES string of the molecule is CC(C)(C)N(CCC(=O)O)C(=O)c1ccc(Br)cc1F. The van der Waals surface area contributed by atoms with E-state index in [1.165, 1.54) is 17.0 Å². The normalized spacial score (nSPS) is 11.2. The lowest BCUT2D eigenvalue weighted by molar-refractivity contribution is -0.137. The van der Waals surface area contributed by atoms with Crippen molar-refractivity contribution >= 4 is 27.8 Å². The average Bonchev–Trinajstić information content (AvgIpc) is 2.26. The molecule has 0 aliphatic carbocycles. The Labute approximate surface area is 125 Å².